The molecule has 124 valence electrons. The Bertz CT molecular complexity index is 1060. The molecule has 0 fully saturated rings. The molecule has 0 aliphatic carbocycles. The first-order valence-corrected chi connectivity index (χ1v) is 7.25. The Kier molecular flexibility index (Phi) is 3.67. The third-order valence-electron chi connectivity index (χ3n) is 4.10. The number of hydrogen-bond donors (Lipinski definition) is 0. The Balaban J connectivity index is 2.16. The Morgan fingerprint density at radius 2 is 1.75 bits per heavy atom. The zero-order valence-corrected chi connectivity index (χ0v) is 13.4. The lowest BCUT2D eigenvalue weighted by Gasteiger charge is -2.13. The number of ketones is 1. The maximum Gasteiger partial charge on any atom is 0.332 e. The van der Waals surface area contributed by atoms with Gasteiger partial charge in [0.05, 0.1) is 12.4 Å². The first kappa shape index (κ1) is 15.9. The molecule has 7 nitrogen and oxygen atoms in total. The second kappa shape index (κ2) is 5.55. The number of aryl methyl sites for hydroxylation is 1. The summed E-state index contributed by atoms with van der Waals surface area (Å²) < 4.78 is 16.7. The molecule has 2 heterocycles. The van der Waals surface area contributed by atoms with E-state index in [9.17, 15) is 18.8 Å². The van der Waals surface area contributed by atoms with Crippen LogP contribution in [0.25, 0.3) is 11.2 Å². The molecule has 0 saturated heterocycles. The van der Waals surface area contributed by atoms with Gasteiger partial charge in [-0.3, -0.25) is 18.7 Å². The van der Waals surface area contributed by atoms with Crippen molar-refractivity contribution in [3.63, 3.8) is 0 Å². The van der Waals surface area contributed by atoms with Crippen LogP contribution in [0.1, 0.15) is 23.3 Å². The van der Waals surface area contributed by atoms with E-state index in [2.05, 4.69) is 4.98 Å². The number of fused-ring (bicyclic) bond motifs is 1. The van der Waals surface area contributed by atoms with E-state index in [-0.39, 0.29) is 16.9 Å². The van der Waals surface area contributed by atoms with Crippen molar-refractivity contribution >= 4 is 16.9 Å². The molecule has 3 aromatic rings. The number of benzene rings is 1. The largest absolute Gasteiger partial charge is 0.332 e. The van der Waals surface area contributed by atoms with E-state index in [1.807, 2.05) is 0 Å². The monoisotopic (exact) mass is 330 g/mol. The van der Waals surface area contributed by atoms with Gasteiger partial charge in [-0.05, 0) is 31.2 Å². The summed E-state index contributed by atoms with van der Waals surface area (Å²) in [7, 11) is 2.88. The van der Waals surface area contributed by atoms with Gasteiger partial charge in [-0.1, -0.05) is 0 Å². The molecule has 0 aliphatic heterocycles. The number of halogens is 1. The molecule has 1 aromatic carbocycles. The Morgan fingerprint density at radius 3 is 2.38 bits per heavy atom. The van der Waals surface area contributed by atoms with Gasteiger partial charge in [0.15, 0.2) is 16.9 Å². The molecule has 0 bridgehead atoms. The van der Waals surface area contributed by atoms with Gasteiger partial charge < -0.3 is 4.57 Å². The van der Waals surface area contributed by atoms with E-state index in [1.165, 1.54) is 53.8 Å². The fourth-order valence-corrected chi connectivity index (χ4v) is 2.64. The third kappa shape index (κ3) is 2.27. The lowest BCUT2D eigenvalue weighted by atomic mass is 10.1. The molecular formula is C16H15FN4O3. The molecular weight excluding hydrogens is 315 g/mol. The average molecular weight is 330 g/mol. The van der Waals surface area contributed by atoms with Crippen molar-refractivity contribution in [3.8, 4) is 0 Å². The number of carbonyl (C=O) groups excluding carboxylic acids is 1. The van der Waals surface area contributed by atoms with Crippen molar-refractivity contribution < 1.29 is 9.18 Å². The maximum absolute atomic E-state index is 13.0. The highest BCUT2D eigenvalue weighted by Gasteiger charge is 2.22. The molecule has 0 amide bonds. The fraction of sp³-hybridized carbons (Fsp3) is 0.250. The first-order valence-electron chi connectivity index (χ1n) is 7.25. The quantitative estimate of drug-likeness (QED) is 0.672. The normalized spacial score (nSPS) is 12.5. The molecule has 3 rings (SSSR count). The summed E-state index contributed by atoms with van der Waals surface area (Å²) in [4.78, 5) is 41.1. The van der Waals surface area contributed by atoms with Crippen LogP contribution in [0, 0.1) is 5.82 Å². The van der Waals surface area contributed by atoms with Crippen LogP contribution in [0.15, 0.2) is 40.2 Å². The van der Waals surface area contributed by atoms with Gasteiger partial charge in [0.25, 0.3) is 5.56 Å². The molecule has 1 atom stereocenters. The minimum atomic E-state index is -0.731. The van der Waals surface area contributed by atoms with E-state index in [0.29, 0.717) is 5.56 Å². The molecule has 0 N–H and O–H groups in total. The van der Waals surface area contributed by atoms with E-state index >= 15 is 0 Å². The Labute approximate surface area is 135 Å². The van der Waals surface area contributed by atoms with Crippen molar-refractivity contribution in [1.29, 1.82) is 0 Å². The van der Waals surface area contributed by atoms with Gasteiger partial charge in [0.2, 0.25) is 0 Å². The van der Waals surface area contributed by atoms with Crippen molar-refractivity contribution in [2.75, 3.05) is 0 Å². The fourth-order valence-electron chi connectivity index (χ4n) is 2.64. The smallest absolute Gasteiger partial charge is 0.314 e. The summed E-state index contributed by atoms with van der Waals surface area (Å²) in [6, 6.07) is 4.46. The average Bonchev–Trinajstić information content (AvgIpc) is 3.02. The van der Waals surface area contributed by atoms with Crippen LogP contribution in [0.3, 0.4) is 0 Å². The summed E-state index contributed by atoms with van der Waals surface area (Å²) in [6.07, 6.45) is 1.36. The molecule has 0 saturated carbocycles. The molecule has 0 unspecified atom stereocenters. The van der Waals surface area contributed by atoms with E-state index in [4.69, 9.17) is 0 Å². The topological polar surface area (TPSA) is 78.9 Å². The molecule has 0 radical (unpaired) electrons. The second-order valence-corrected chi connectivity index (χ2v) is 5.58. The van der Waals surface area contributed by atoms with Crippen molar-refractivity contribution in [2.45, 2.75) is 13.0 Å². The molecule has 0 spiro atoms. The van der Waals surface area contributed by atoms with Gasteiger partial charge in [-0.25, -0.2) is 14.2 Å². The van der Waals surface area contributed by atoms with Crippen LogP contribution in [-0.4, -0.2) is 24.5 Å². The van der Waals surface area contributed by atoms with Gasteiger partial charge in [-0.2, -0.15) is 0 Å². The maximum atomic E-state index is 13.0. The first-order chi connectivity index (χ1) is 11.3. The summed E-state index contributed by atoms with van der Waals surface area (Å²) >= 11 is 0. The number of rotatable bonds is 3. The highest BCUT2D eigenvalue weighted by atomic mass is 19.1. The van der Waals surface area contributed by atoms with Gasteiger partial charge >= 0.3 is 5.69 Å². The van der Waals surface area contributed by atoms with Crippen LogP contribution in [0.2, 0.25) is 0 Å². The number of carbonyl (C=O) groups is 1. The van der Waals surface area contributed by atoms with Crippen LogP contribution in [-0.2, 0) is 14.1 Å². The van der Waals surface area contributed by atoms with Crippen LogP contribution in [0.4, 0.5) is 4.39 Å². The summed E-state index contributed by atoms with van der Waals surface area (Å²) in [5.41, 5.74) is -0.309. The zero-order chi connectivity index (χ0) is 17.6. The molecule has 2 aromatic heterocycles. The van der Waals surface area contributed by atoms with Crippen molar-refractivity contribution in [2.24, 2.45) is 14.1 Å². The van der Waals surface area contributed by atoms with Gasteiger partial charge in [-0.15, -0.1) is 0 Å². The predicted octanol–water partition coefficient (Wildman–Crippen LogP) is 1.02. The van der Waals surface area contributed by atoms with E-state index in [0.717, 1.165) is 4.57 Å². The minimum absolute atomic E-state index is 0.169. The highest BCUT2D eigenvalue weighted by molar-refractivity contribution is 5.99. The lowest BCUT2D eigenvalue weighted by Crippen LogP contribution is -2.38. The number of hydrogen-bond acceptors (Lipinski definition) is 4. The third-order valence-corrected chi connectivity index (χ3v) is 4.10. The lowest BCUT2D eigenvalue weighted by molar-refractivity contribution is 0.0936. The van der Waals surface area contributed by atoms with Gasteiger partial charge in [0, 0.05) is 19.7 Å². The number of Topliss-reactive ketones (excluding diaryl/α,β-unsaturated/α-hetero) is 1. The number of nitrogens with zero attached hydrogens (tertiary/aromatic N) is 4. The number of imidazole rings is 1. The summed E-state index contributed by atoms with van der Waals surface area (Å²) in [5, 5.41) is 0. The van der Waals surface area contributed by atoms with Crippen molar-refractivity contribution in [1.82, 2.24) is 18.7 Å². The molecule has 24 heavy (non-hydrogen) atoms. The van der Waals surface area contributed by atoms with Crippen LogP contribution < -0.4 is 11.2 Å². The highest BCUT2D eigenvalue weighted by Crippen LogP contribution is 2.18. The zero-order valence-electron chi connectivity index (χ0n) is 13.4. The molecule has 0 aliphatic rings. The predicted molar refractivity (Wildman–Crippen MR) is 85.7 cm³/mol. The standard InChI is InChI=1S/C16H15FN4O3/c1-9(13(22)10-4-6-11(17)7-5-10)21-8-18-14-12(21)15(23)20(3)16(24)19(14)2/h4-9H,1-3H3/t9-/m1/s1. The van der Waals surface area contributed by atoms with Crippen molar-refractivity contribution in [3.05, 3.63) is 62.8 Å². The summed E-state index contributed by atoms with van der Waals surface area (Å²) in [6.45, 7) is 1.62. The second-order valence-electron chi connectivity index (χ2n) is 5.58. The number of aromatic nitrogens is 4. The van der Waals surface area contributed by atoms with Crippen LogP contribution >= 0.6 is 0 Å². The minimum Gasteiger partial charge on any atom is -0.314 e. The van der Waals surface area contributed by atoms with Crippen LogP contribution in [0.5, 0.6) is 0 Å². The van der Waals surface area contributed by atoms with E-state index < -0.39 is 23.1 Å². The Morgan fingerprint density at radius 1 is 1.12 bits per heavy atom. The SMILES string of the molecule is C[C@H](C(=O)c1ccc(F)cc1)n1cnc2c1c(=O)n(C)c(=O)n2C. The van der Waals surface area contributed by atoms with Gasteiger partial charge in [0.1, 0.15) is 5.82 Å². The van der Waals surface area contributed by atoms with E-state index in [1.54, 1.807) is 6.92 Å². The Hall–Kier alpha value is -3.03. The summed E-state index contributed by atoms with van der Waals surface area (Å²) in [5.74, 6) is -0.721. The molecule has 8 heteroatoms.